The molecule has 3 aliphatic heterocycles. The Morgan fingerprint density at radius 3 is 2.03 bits per heavy atom. The van der Waals surface area contributed by atoms with Crippen LogP contribution in [0.5, 0.6) is 0 Å². The van der Waals surface area contributed by atoms with Gasteiger partial charge < -0.3 is 83.9 Å². The number of carbonyl (C=O) groups is 3. The Balaban J connectivity index is 1.06. The fraction of sp³-hybridized carbons (Fsp3) is 0.898. The van der Waals surface area contributed by atoms with Crippen molar-refractivity contribution in [3.8, 4) is 0 Å². The second-order valence-electron chi connectivity index (χ2n) is 23.1. The largest absolute Gasteiger partial charge is 0.469 e. The van der Waals surface area contributed by atoms with Crippen LogP contribution in [0.2, 0.25) is 0 Å². The van der Waals surface area contributed by atoms with E-state index in [-0.39, 0.29) is 35.1 Å². The average molecular weight is 985 g/mol. The molecule has 0 radical (unpaired) electrons. The molecule has 69 heavy (non-hydrogen) atoms. The predicted octanol–water partition coefficient (Wildman–Crippen LogP) is 0.113. The lowest BCUT2D eigenvalue weighted by atomic mass is 9.33. The van der Waals surface area contributed by atoms with Crippen molar-refractivity contribution in [2.24, 2.45) is 50.2 Å². The van der Waals surface area contributed by atoms with Gasteiger partial charge in [0.1, 0.15) is 61.0 Å². The molecule has 8 aliphatic rings. The number of aliphatic hydroxyl groups is 9. The van der Waals surface area contributed by atoms with Gasteiger partial charge in [0.05, 0.1) is 44.4 Å². The summed E-state index contributed by atoms with van der Waals surface area (Å²) in [4.78, 5) is 41.3. The standard InChI is InChI=1S/C49H76O20/c1-44(2)26-11-14-48(6)27(46(26,4)13-12-28(44)66-41-35(58)36(34(57)37(68-41)38(59)62-7)67-39-32(55)29(52)24(51)21-64-39)10-9-22-23-19-45(3,42(60)63-8)15-17-49(23,18-16-47(22,48)5)43(61)69-40-33(56)31(54)30(53)25(20-50)65-40/h9,23-37,39-41,50-58H,10-21H2,1-8H3/t23-,24+,25+,26-,27+,28-,29-,30+,31-,32+,33+,34-,35+,36-,37-,39-,40-,41+,45-,46-,47+,48+,49-/m0/s1. The molecule has 0 aromatic carbocycles. The zero-order valence-electron chi connectivity index (χ0n) is 41.0. The summed E-state index contributed by atoms with van der Waals surface area (Å²) in [5.41, 5.74) is -2.45. The number of fused-ring (bicyclic) bond motifs is 7. The maximum absolute atomic E-state index is 14.8. The van der Waals surface area contributed by atoms with E-state index in [0.29, 0.717) is 38.5 Å². The van der Waals surface area contributed by atoms with Crippen molar-refractivity contribution in [2.45, 2.75) is 198 Å². The van der Waals surface area contributed by atoms with Crippen LogP contribution in [-0.2, 0) is 52.3 Å². The van der Waals surface area contributed by atoms with E-state index < -0.39 is 145 Å². The Morgan fingerprint density at radius 1 is 0.681 bits per heavy atom. The smallest absolute Gasteiger partial charge is 0.337 e. The number of hydrogen-bond donors (Lipinski definition) is 9. The molecule has 392 valence electrons. The lowest BCUT2D eigenvalue weighted by Crippen LogP contribution is -2.67. The Kier molecular flexibility index (Phi) is 14.4. The second-order valence-corrected chi connectivity index (χ2v) is 23.1. The highest BCUT2D eigenvalue weighted by molar-refractivity contribution is 5.81. The third kappa shape index (κ3) is 8.22. The minimum Gasteiger partial charge on any atom is -0.469 e. The number of allylic oxidation sites excluding steroid dienone is 2. The average Bonchev–Trinajstić information content (AvgIpc) is 3.31. The molecule has 20 heteroatoms. The quantitative estimate of drug-likeness (QED) is 0.0641. The van der Waals surface area contributed by atoms with Crippen molar-refractivity contribution in [1.29, 1.82) is 0 Å². The lowest BCUT2D eigenvalue weighted by molar-refractivity contribution is -0.357. The van der Waals surface area contributed by atoms with Gasteiger partial charge in [-0.3, -0.25) is 9.59 Å². The van der Waals surface area contributed by atoms with Gasteiger partial charge in [0.2, 0.25) is 6.29 Å². The topological polar surface area (TPSA) is 307 Å². The van der Waals surface area contributed by atoms with Crippen LogP contribution in [0, 0.1) is 50.2 Å². The molecule has 0 aromatic rings. The van der Waals surface area contributed by atoms with E-state index in [2.05, 4.69) is 40.7 Å². The molecule has 0 spiro atoms. The van der Waals surface area contributed by atoms with E-state index >= 15 is 0 Å². The molecule has 9 N–H and O–H groups in total. The summed E-state index contributed by atoms with van der Waals surface area (Å²) in [6, 6.07) is 0. The van der Waals surface area contributed by atoms with Crippen LogP contribution in [0.25, 0.3) is 0 Å². The van der Waals surface area contributed by atoms with Gasteiger partial charge >= 0.3 is 17.9 Å². The van der Waals surface area contributed by atoms with Crippen LogP contribution < -0.4 is 0 Å². The number of methoxy groups -OCH3 is 2. The summed E-state index contributed by atoms with van der Waals surface area (Å²) in [6.07, 6.45) is -15.4. The van der Waals surface area contributed by atoms with Gasteiger partial charge in [0.15, 0.2) is 18.7 Å². The van der Waals surface area contributed by atoms with Crippen molar-refractivity contribution >= 4 is 17.9 Å². The normalized spacial score (nSPS) is 51.6. The molecule has 0 aromatic heterocycles. The molecule has 0 unspecified atom stereocenters. The summed E-state index contributed by atoms with van der Waals surface area (Å²) in [7, 11) is 2.48. The Labute approximate surface area is 402 Å². The molecular formula is C49H76O20. The van der Waals surface area contributed by atoms with Gasteiger partial charge in [0, 0.05) is 0 Å². The summed E-state index contributed by atoms with van der Waals surface area (Å²) >= 11 is 0. The Morgan fingerprint density at radius 2 is 1.36 bits per heavy atom. The van der Waals surface area contributed by atoms with Crippen LogP contribution in [-0.4, -0.2) is 183 Å². The highest BCUT2D eigenvalue weighted by atomic mass is 16.7. The van der Waals surface area contributed by atoms with Crippen molar-refractivity contribution in [3.05, 3.63) is 11.6 Å². The third-order valence-corrected chi connectivity index (χ3v) is 19.5. The molecule has 5 aliphatic carbocycles. The van der Waals surface area contributed by atoms with Crippen molar-refractivity contribution in [3.63, 3.8) is 0 Å². The SMILES string of the molecule is COC(=O)[C@H]1O[C@@H](O[C@H]2CC[C@]3(C)[C@H]4CC=C5[C@@H]6C[C@@](C)(C(=O)OC)CC[C@]6(C(=O)O[C@@H]6O[C@H](CO)[C@@H](O)[C@H](O)[C@H]6O)CC[C@@]5(C)[C@]4(C)CC[C@H]3C2(C)C)[C@H](O)[C@@H](O[C@@H]2OC[C@@H](O)[C@H](O)[C@H]2O)[C@@H]1O. The molecule has 3 saturated heterocycles. The van der Waals surface area contributed by atoms with Crippen molar-refractivity contribution < 1.29 is 98.2 Å². The van der Waals surface area contributed by atoms with E-state index in [1.165, 1.54) is 7.11 Å². The first-order valence-electron chi connectivity index (χ1n) is 24.7. The van der Waals surface area contributed by atoms with Gasteiger partial charge in [-0.1, -0.05) is 46.3 Å². The Bertz CT molecular complexity index is 1960. The van der Waals surface area contributed by atoms with E-state index in [1.54, 1.807) is 0 Å². The van der Waals surface area contributed by atoms with Crippen LogP contribution in [0.4, 0.5) is 0 Å². The van der Waals surface area contributed by atoms with E-state index in [9.17, 15) is 60.3 Å². The summed E-state index contributed by atoms with van der Waals surface area (Å²) in [6.45, 7) is 12.1. The minimum atomic E-state index is -1.79. The number of aliphatic hydroxyl groups excluding tert-OH is 9. The number of carbonyl (C=O) groups excluding carboxylic acids is 3. The number of hydrogen-bond acceptors (Lipinski definition) is 20. The monoisotopic (exact) mass is 984 g/mol. The second kappa shape index (κ2) is 18.8. The fourth-order valence-corrected chi connectivity index (χ4v) is 15.1. The van der Waals surface area contributed by atoms with Gasteiger partial charge in [0.25, 0.3) is 0 Å². The minimum absolute atomic E-state index is 0.0855. The molecule has 7 fully saturated rings. The third-order valence-electron chi connectivity index (χ3n) is 19.5. The highest BCUT2D eigenvalue weighted by Crippen LogP contribution is 2.76. The maximum Gasteiger partial charge on any atom is 0.337 e. The molecule has 0 amide bonds. The van der Waals surface area contributed by atoms with E-state index in [1.807, 2.05) is 6.92 Å². The molecular weight excluding hydrogens is 909 g/mol. The number of rotatable bonds is 9. The first kappa shape index (κ1) is 52.9. The molecule has 8 rings (SSSR count). The van der Waals surface area contributed by atoms with Crippen LogP contribution >= 0.6 is 0 Å². The highest BCUT2D eigenvalue weighted by Gasteiger charge is 2.71. The molecule has 3 heterocycles. The van der Waals surface area contributed by atoms with Crippen LogP contribution in [0.1, 0.15) is 106 Å². The molecule has 4 saturated carbocycles. The fourth-order valence-electron chi connectivity index (χ4n) is 15.1. The Hall–Kier alpha value is -2.41. The first-order chi connectivity index (χ1) is 32.3. The van der Waals surface area contributed by atoms with Gasteiger partial charge in [-0.15, -0.1) is 0 Å². The summed E-state index contributed by atoms with van der Waals surface area (Å²) in [5.74, 6) is -2.17. The van der Waals surface area contributed by atoms with Crippen LogP contribution in [0.3, 0.4) is 0 Å². The molecule has 0 bridgehead atoms. The summed E-state index contributed by atoms with van der Waals surface area (Å²) < 4.78 is 45.8. The van der Waals surface area contributed by atoms with E-state index in [4.69, 9.17) is 37.9 Å². The predicted molar refractivity (Wildman–Crippen MR) is 235 cm³/mol. The number of esters is 3. The molecule has 20 nitrogen and oxygen atoms in total. The zero-order chi connectivity index (χ0) is 50.6. The lowest BCUT2D eigenvalue weighted by Gasteiger charge is -2.71. The first-order valence-corrected chi connectivity index (χ1v) is 24.7. The zero-order valence-corrected chi connectivity index (χ0v) is 41.0. The molecule has 23 atom stereocenters. The number of ether oxygens (including phenoxy) is 8. The van der Waals surface area contributed by atoms with Gasteiger partial charge in [-0.2, -0.15) is 0 Å². The van der Waals surface area contributed by atoms with Crippen molar-refractivity contribution in [1.82, 2.24) is 0 Å². The summed E-state index contributed by atoms with van der Waals surface area (Å²) in [5, 5.41) is 95.6. The van der Waals surface area contributed by atoms with Crippen LogP contribution in [0.15, 0.2) is 11.6 Å². The maximum atomic E-state index is 14.8. The van der Waals surface area contributed by atoms with Gasteiger partial charge in [-0.05, 0) is 111 Å². The van der Waals surface area contributed by atoms with E-state index in [0.717, 1.165) is 31.9 Å². The van der Waals surface area contributed by atoms with Crippen molar-refractivity contribution in [2.75, 3.05) is 27.4 Å². The van der Waals surface area contributed by atoms with Gasteiger partial charge in [-0.25, -0.2) is 4.79 Å².